The highest BCUT2D eigenvalue weighted by Crippen LogP contribution is 2.25. The van der Waals surface area contributed by atoms with E-state index in [1.807, 2.05) is 18.2 Å². The minimum atomic E-state index is -0.385. The first kappa shape index (κ1) is 17.0. The monoisotopic (exact) mass is 325 g/mol. The van der Waals surface area contributed by atoms with Crippen molar-refractivity contribution in [1.29, 1.82) is 0 Å². The Hall–Kier alpha value is -1.88. The van der Waals surface area contributed by atoms with Crippen molar-refractivity contribution in [3.8, 4) is 0 Å². The Balaban J connectivity index is 1.73. The van der Waals surface area contributed by atoms with Crippen LogP contribution in [0.5, 0.6) is 0 Å². The van der Waals surface area contributed by atoms with Crippen LogP contribution in [0.15, 0.2) is 54.6 Å². The Kier molecular flexibility index (Phi) is 5.86. The zero-order valence-electron chi connectivity index (χ0n) is 14.4. The molecule has 0 saturated carbocycles. The van der Waals surface area contributed by atoms with Gasteiger partial charge in [-0.05, 0) is 31.2 Å². The quantitative estimate of drug-likeness (QED) is 0.855. The third-order valence-electron chi connectivity index (χ3n) is 4.49. The van der Waals surface area contributed by atoms with Gasteiger partial charge in [0.15, 0.2) is 0 Å². The molecule has 4 nitrogen and oxygen atoms in total. The van der Waals surface area contributed by atoms with Gasteiger partial charge in [-0.15, -0.1) is 0 Å². The SMILES string of the molecule is Cc1ccc(N(CC(O)CN2CCNCC2)c2ccccc2)cc1. The van der Waals surface area contributed by atoms with Gasteiger partial charge in [0.1, 0.15) is 0 Å². The van der Waals surface area contributed by atoms with Crippen LogP contribution < -0.4 is 10.2 Å². The summed E-state index contributed by atoms with van der Waals surface area (Å²) in [5.41, 5.74) is 3.47. The smallest absolute Gasteiger partial charge is 0.0845 e. The molecule has 0 aromatic heterocycles. The van der Waals surface area contributed by atoms with E-state index in [2.05, 4.69) is 58.4 Å². The zero-order valence-corrected chi connectivity index (χ0v) is 14.4. The summed E-state index contributed by atoms with van der Waals surface area (Å²) in [6.07, 6.45) is -0.385. The number of benzene rings is 2. The molecule has 4 heteroatoms. The molecule has 1 aliphatic rings. The standard InChI is InChI=1S/C20H27N3O/c1-17-7-9-19(10-8-17)23(18-5-3-2-4-6-18)16-20(24)15-22-13-11-21-12-14-22/h2-10,20-21,24H,11-16H2,1H3. The van der Waals surface area contributed by atoms with Gasteiger partial charge in [0, 0.05) is 44.1 Å². The number of anilines is 2. The number of nitrogens with one attached hydrogen (secondary N) is 1. The van der Waals surface area contributed by atoms with E-state index in [4.69, 9.17) is 0 Å². The summed E-state index contributed by atoms with van der Waals surface area (Å²) in [6, 6.07) is 18.8. The molecular weight excluding hydrogens is 298 g/mol. The molecule has 0 spiro atoms. The molecule has 1 atom stereocenters. The van der Waals surface area contributed by atoms with Gasteiger partial charge in [0.2, 0.25) is 0 Å². The average Bonchev–Trinajstić information content (AvgIpc) is 2.62. The molecular formula is C20H27N3O. The Morgan fingerprint density at radius 2 is 1.62 bits per heavy atom. The van der Waals surface area contributed by atoms with E-state index in [9.17, 15) is 5.11 Å². The number of aryl methyl sites for hydroxylation is 1. The molecule has 0 radical (unpaired) electrons. The van der Waals surface area contributed by atoms with Crippen LogP contribution in [0.1, 0.15) is 5.56 Å². The van der Waals surface area contributed by atoms with Crippen LogP contribution in [0, 0.1) is 6.92 Å². The third-order valence-corrected chi connectivity index (χ3v) is 4.49. The van der Waals surface area contributed by atoms with Crippen molar-refractivity contribution in [2.75, 3.05) is 44.2 Å². The van der Waals surface area contributed by atoms with Crippen LogP contribution in [-0.4, -0.2) is 55.4 Å². The molecule has 3 rings (SSSR count). The fraction of sp³-hybridized carbons (Fsp3) is 0.400. The normalized spacial score (nSPS) is 16.8. The molecule has 2 aromatic carbocycles. The number of piperazine rings is 1. The van der Waals surface area contributed by atoms with E-state index in [0.29, 0.717) is 6.54 Å². The summed E-state index contributed by atoms with van der Waals surface area (Å²) < 4.78 is 0. The molecule has 0 aliphatic carbocycles. The summed E-state index contributed by atoms with van der Waals surface area (Å²) in [6.45, 7) is 7.43. The van der Waals surface area contributed by atoms with Crippen molar-refractivity contribution in [2.24, 2.45) is 0 Å². The van der Waals surface area contributed by atoms with E-state index >= 15 is 0 Å². The molecule has 24 heavy (non-hydrogen) atoms. The van der Waals surface area contributed by atoms with Crippen molar-refractivity contribution in [1.82, 2.24) is 10.2 Å². The van der Waals surface area contributed by atoms with Crippen LogP contribution in [0.4, 0.5) is 11.4 Å². The summed E-state index contributed by atoms with van der Waals surface area (Å²) in [7, 11) is 0. The largest absolute Gasteiger partial charge is 0.390 e. The molecule has 0 bridgehead atoms. The second kappa shape index (κ2) is 8.29. The summed E-state index contributed by atoms with van der Waals surface area (Å²) in [5.74, 6) is 0. The fourth-order valence-corrected chi connectivity index (χ4v) is 3.15. The molecule has 1 saturated heterocycles. The summed E-state index contributed by atoms with van der Waals surface area (Å²) in [4.78, 5) is 4.53. The van der Waals surface area contributed by atoms with Gasteiger partial charge >= 0.3 is 0 Å². The van der Waals surface area contributed by atoms with Crippen LogP contribution in [-0.2, 0) is 0 Å². The van der Waals surface area contributed by atoms with E-state index in [1.54, 1.807) is 0 Å². The van der Waals surface area contributed by atoms with E-state index in [1.165, 1.54) is 5.56 Å². The number of para-hydroxylation sites is 1. The maximum Gasteiger partial charge on any atom is 0.0845 e. The predicted octanol–water partition coefficient (Wildman–Crippen LogP) is 2.40. The van der Waals surface area contributed by atoms with Crippen molar-refractivity contribution < 1.29 is 5.11 Å². The van der Waals surface area contributed by atoms with Gasteiger partial charge < -0.3 is 15.3 Å². The van der Waals surface area contributed by atoms with E-state index < -0.39 is 0 Å². The maximum atomic E-state index is 10.6. The summed E-state index contributed by atoms with van der Waals surface area (Å²) >= 11 is 0. The topological polar surface area (TPSA) is 38.7 Å². The van der Waals surface area contributed by atoms with Crippen LogP contribution in [0.3, 0.4) is 0 Å². The lowest BCUT2D eigenvalue weighted by Gasteiger charge is -2.32. The van der Waals surface area contributed by atoms with Crippen LogP contribution in [0.25, 0.3) is 0 Å². The van der Waals surface area contributed by atoms with E-state index in [0.717, 1.165) is 44.1 Å². The van der Waals surface area contributed by atoms with Crippen molar-refractivity contribution in [3.63, 3.8) is 0 Å². The summed E-state index contributed by atoms with van der Waals surface area (Å²) in [5, 5.41) is 14.0. The Morgan fingerprint density at radius 1 is 1.00 bits per heavy atom. The second-order valence-electron chi connectivity index (χ2n) is 6.49. The lowest BCUT2D eigenvalue weighted by Crippen LogP contribution is -2.48. The second-order valence-corrected chi connectivity index (χ2v) is 6.49. The van der Waals surface area contributed by atoms with Gasteiger partial charge in [-0.2, -0.15) is 0 Å². The number of hydrogen-bond donors (Lipinski definition) is 2. The molecule has 128 valence electrons. The molecule has 2 aromatic rings. The zero-order chi connectivity index (χ0) is 16.8. The minimum absolute atomic E-state index is 0.385. The van der Waals surface area contributed by atoms with E-state index in [-0.39, 0.29) is 6.10 Å². The van der Waals surface area contributed by atoms with Gasteiger partial charge in [0.25, 0.3) is 0 Å². The number of hydrogen-bond acceptors (Lipinski definition) is 4. The molecule has 1 heterocycles. The average molecular weight is 325 g/mol. The maximum absolute atomic E-state index is 10.6. The predicted molar refractivity (Wildman–Crippen MR) is 99.9 cm³/mol. The number of aliphatic hydroxyl groups is 1. The van der Waals surface area contributed by atoms with Crippen molar-refractivity contribution >= 4 is 11.4 Å². The Morgan fingerprint density at radius 3 is 2.29 bits per heavy atom. The highest BCUT2D eigenvalue weighted by atomic mass is 16.3. The molecule has 1 fully saturated rings. The van der Waals surface area contributed by atoms with Gasteiger partial charge in [-0.1, -0.05) is 35.9 Å². The molecule has 1 aliphatic heterocycles. The van der Waals surface area contributed by atoms with Crippen molar-refractivity contribution in [3.05, 3.63) is 60.2 Å². The highest BCUT2D eigenvalue weighted by molar-refractivity contribution is 5.63. The van der Waals surface area contributed by atoms with Gasteiger partial charge in [-0.25, -0.2) is 0 Å². The number of rotatable bonds is 6. The highest BCUT2D eigenvalue weighted by Gasteiger charge is 2.18. The fourth-order valence-electron chi connectivity index (χ4n) is 3.15. The Bertz CT molecular complexity index is 609. The van der Waals surface area contributed by atoms with Crippen LogP contribution in [0.2, 0.25) is 0 Å². The molecule has 0 amide bonds. The minimum Gasteiger partial charge on any atom is -0.390 e. The third kappa shape index (κ3) is 4.57. The van der Waals surface area contributed by atoms with Gasteiger partial charge in [0.05, 0.1) is 12.6 Å². The number of aliphatic hydroxyl groups excluding tert-OH is 1. The Labute approximate surface area is 144 Å². The van der Waals surface area contributed by atoms with Crippen molar-refractivity contribution in [2.45, 2.75) is 13.0 Å². The molecule has 2 N–H and O–H groups in total. The number of nitrogens with zero attached hydrogens (tertiary/aromatic N) is 2. The van der Waals surface area contributed by atoms with Crippen LogP contribution >= 0.6 is 0 Å². The first-order valence-corrected chi connectivity index (χ1v) is 8.73. The molecule has 1 unspecified atom stereocenters. The first-order chi connectivity index (χ1) is 11.7. The first-order valence-electron chi connectivity index (χ1n) is 8.73. The number of β-amino-alcohol motifs (C(OH)–C–C–N with tert-alkyl or cyclic N) is 1. The van der Waals surface area contributed by atoms with Gasteiger partial charge in [-0.3, -0.25) is 4.90 Å². The lowest BCUT2D eigenvalue weighted by molar-refractivity contribution is 0.111. The lowest BCUT2D eigenvalue weighted by atomic mass is 10.1.